The number of rotatable bonds is 3. The fourth-order valence-electron chi connectivity index (χ4n) is 2.55. The van der Waals surface area contributed by atoms with Crippen LogP contribution in [-0.4, -0.2) is 40.6 Å². The summed E-state index contributed by atoms with van der Waals surface area (Å²) in [5.74, 6) is 1.23. The van der Waals surface area contributed by atoms with E-state index in [1.165, 1.54) is 11.3 Å². The molecule has 108 valence electrons. The van der Waals surface area contributed by atoms with Crippen LogP contribution < -0.4 is 0 Å². The lowest BCUT2D eigenvalue weighted by Gasteiger charge is -2.30. The molecular weight excluding hydrogens is 296 g/mol. The van der Waals surface area contributed by atoms with Gasteiger partial charge < -0.3 is 4.57 Å². The Morgan fingerprint density at radius 3 is 2.65 bits per heavy atom. The number of hydrogen-bond donors (Lipinski definition) is 0. The summed E-state index contributed by atoms with van der Waals surface area (Å²) in [4.78, 5) is 0. The van der Waals surface area contributed by atoms with Crippen molar-refractivity contribution in [3.63, 3.8) is 0 Å². The first-order chi connectivity index (χ1) is 9.59. The highest BCUT2D eigenvalue weighted by atomic mass is 32.2. The highest BCUT2D eigenvalue weighted by Gasteiger charge is 2.31. The Kier molecular flexibility index (Phi) is 3.61. The van der Waals surface area contributed by atoms with Crippen molar-refractivity contribution in [1.29, 1.82) is 0 Å². The molecule has 1 fully saturated rings. The van der Waals surface area contributed by atoms with Gasteiger partial charge in [-0.2, -0.15) is 4.31 Å². The molecule has 1 saturated heterocycles. The third-order valence-corrected chi connectivity index (χ3v) is 6.93. The standard InChI is InChI=1S/C12H16N4O2S2/c1-15-9-13-14-12(15)10-4-6-16(7-5-10)20(17,18)11-3-2-8-19-11/h2-3,8-10H,4-7H2,1H3. The Hall–Kier alpha value is -1.25. The van der Waals surface area contributed by atoms with Crippen molar-refractivity contribution in [2.24, 2.45) is 7.05 Å². The van der Waals surface area contributed by atoms with Crippen LogP contribution in [0.5, 0.6) is 0 Å². The lowest BCUT2D eigenvalue weighted by molar-refractivity contribution is 0.311. The van der Waals surface area contributed by atoms with E-state index in [4.69, 9.17) is 0 Å². The molecule has 3 heterocycles. The molecule has 1 aliphatic heterocycles. The number of thiophene rings is 1. The van der Waals surface area contributed by atoms with Gasteiger partial charge in [0.15, 0.2) is 0 Å². The smallest absolute Gasteiger partial charge is 0.252 e. The minimum atomic E-state index is -3.31. The lowest BCUT2D eigenvalue weighted by Crippen LogP contribution is -2.38. The van der Waals surface area contributed by atoms with E-state index in [2.05, 4.69) is 10.2 Å². The van der Waals surface area contributed by atoms with Crippen molar-refractivity contribution < 1.29 is 8.42 Å². The van der Waals surface area contributed by atoms with Gasteiger partial charge >= 0.3 is 0 Å². The van der Waals surface area contributed by atoms with Crippen LogP contribution in [0.2, 0.25) is 0 Å². The third kappa shape index (κ3) is 2.38. The molecule has 0 aliphatic carbocycles. The van der Waals surface area contributed by atoms with Gasteiger partial charge in [0.25, 0.3) is 10.0 Å². The second-order valence-electron chi connectivity index (χ2n) is 4.91. The summed E-state index contributed by atoms with van der Waals surface area (Å²) in [5, 5.41) is 9.80. The average molecular weight is 312 g/mol. The van der Waals surface area contributed by atoms with Crippen molar-refractivity contribution in [1.82, 2.24) is 19.1 Å². The first kappa shape index (κ1) is 13.7. The number of hydrogen-bond acceptors (Lipinski definition) is 5. The zero-order chi connectivity index (χ0) is 14.2. The van der Waals surface area contributed by atoms with Crippen molar-refractivity contribution >= 4 is 21.4 Å². The van der Waals surface area contributed by atoms with Crippen LogP contribution in [-0.2, 0) is 17.1 Å². The van der Waals surface area contributed by atoms with Gasteiger partial charge in [-0.1, -0.05) is 6.07 Å². The highest BCUT2D eigenvalue weighted by Crippen LogP contribution is 2.30. The van der Waals surface area contributed by atoms with Crippen LogP contribution in [0.3, 0.4) is 0 Å². The molecule has 0 saturated carbocycles. The summed E-state index contributed by atoms with van der Waals surface area (Å²) in [7, 11) is -1.39. The minimum absolute atomic E-state index is 0.289. The van der Waals surface area contributed by atoms with E-state index < -0.39 is 10.0 Å². The van der Waals surface area contributed by atoms with Crippen LogP contribution in [0.15, 0.2) is 28.0 Å². The van der Waals surface area contributed by atoms with Crippen LogP contribution in [0.1, 0.15) is 24.6 Å². The number of aryl methyl sites for hydroxylation is 1. The molecule has 2 aromatic heterocycles. The van der Waals surface area contributed by atoms with Gasteiger partial charge in [0.2, 0.25) is 0 Å². The maximum atomic E-state index is 12.4. The Bertz CT molecular complexity index is 670. The topological polar surface area (TPSA) is 68.1 Å². The molecule has 0 atom stereocenters. The number of aromatic nitrogens is 3. The molecule has 0 amide bonds. The maximum Gasteiger partial charge on any atom is 0.252 e. The second kappa shape index (κ2) is 5.27. The quantitative estimate of drug-likeness (QED) is 0.860. The zero-order valence-corrected chi connectivity index (χ0v) is 12.8. The maximum absolute atomic E-state index is 12.4. The Labute approximate surface area is 122 Å². The van der Waals surface area contributed by atoms with Gasteiger partial charge in [0, 0.05) is 26.1 Å². The van der Waals surface area contributed by atoms with E-state index >= 15 is 0 Å². The molecule has 0 N–H and O–H groups in total. The number of nitrogens with zero attached hydrogens (tertiary/aromatic N) is 4. The molecule has 0 aromatic carbocycles. The van der Waals surface area contributed by atoms with E-state index in [-0.39, 0.29) is 5.92 Å². The predicted octanol–water partition coefficient (Wildman–Crippen LogP) is 1.44. The molecular formula is C12H16N4O2S2. The van der Waals surface area contributed by atoms with Crippen molar-refractivity contribution in [3.8, 4) is 0 Å². The molecule has 1 aliphatic rings. The summed E-state index contributed by atoms with van der Waals surface area (Å²) >= 11 is 1.27. The fourth-order valence-corrected chi connectivity index (χ4v) is 5.17. The van der Waals surface area contributed by atoms with Gasteiger partial charge in [0.05, 0.1) is 0 Å². The van der Waals surface area contributed by atoms with Crippen molar-refractivity contribution in [3.05, 3.63) is 29.7 Å². The second-order valence-corrected chi connectivity index (χ2v) is 8.02. The molecule has 0 bridgehead atoms. The van der Waals surface area contributed by atoms with E-state index in [0.29, 0.717) is 17.3 Å². The zero-order valence-electron chi connectivity index (χ0n) is 11.1. The third-order valence-electron chi connectivity index (χ3n) is 3.65. The van der Waals surface area contributed by atoms with Gasteiger partial charge in [-0.25, -0.2) is 8.42 Å². The summed E-state index contributed by atoms with van der Waals surface area (Å²) in [6.07, 6.45) is 3.26. The number of sulfonamides is 1. The first-order valence-corrected chi connectivity index (χ1v) is 8.78. The molecule has 20 heavy (non-hydrogen) atoms. The molecule has 3 rings (SSSR count). The van der Waals surface area contributed by atoms with Gasteiger partial charge in [0.1, 0.15) is 16.4 Å². The van der Waals surface area contributed by atoms with Crippen LogP contribution in [0, 0.1) is 0 Å². The molecule has 0 unspecified atom stereocenters. The number of piperidine rings is 1. The highest BCUT2D eigenvalue weighted by molar-refractivity contribution is 7.91. The molecule has 2 aromatic rings. The van der Waals surface area contributed by atoms with Crippen LogP contribution >= 0.6 is 11.3 Å². The summed E-state index contributed by atoms with van der Waals surface area (Å²) in [6, 6.07) is 3.43. The van der Waals surface area contributed by atoms with Crippen molar-refractivity contribution in [2.75, 3.05) is 13.1 Å². The lowest BCUT2D eigenvalue weighted by atomic mass is 9.97. The van der Waals surface area contributed by atoms with Crippen molar-refractivity contribution in [2.45, 2.75) is 23.0 Å². The SMILES string of the molecule is Cn1cnnc1C1CCN(S(=O)(=O)c2cccs2)CC1. The molecule has 0 spiro atoms. The summed E-state index contributed by atoms with van der Waals surface area (Å²) < 4.78 is 28.7. The monoisotopic (exact) mass is 312 g/mol. The predicted molar refractivity (Wildman–Crippen MR) is 76.1 cm³/mol. The molecule has 6 nitrogen and oxygen atoms in total. The largest absolute Gasteiger partial charge is 0.320 e. The fraction of sp³-hybridized carbons (Fsp3) is 0.500. The van der Waals surface area contributed by atoms with E-state index in [0.717, 1.165) is 18.7 Å². The van der Waals surface area contributed by atoms with Crippen LogP contribution in [0.25, 0.3) is 0 Å². The average Bonchev–Trinajstić information content (AvgIpc) is 3.10. The summed E-state index contributed by atoms with van der Waals surface area (Å²) in [6.45, 7) is 1.08. The Balaban J connectivity index is 1.72. The molecule has 0 radical (unpaired) electrons. The van der Waals surface area contributed by atoms with E-state index in [1.54, 1.807) is 28.1 Å². The first-order valence-electron chi connectivity index (χ1n) is 6.46. The summed E-state index contributed by atoms with van der Waals surface area (Å²) in [5.41, 5.74) is 0. The van der Waals surface area contributed by atoms with Gasteiger partial charge in [-0.3, -0.25) is 0 Å². The Morgan fingerprint density at radius 2 is 2.10 bits per heavy atom. The Morgan fingerprint density at radius 1 is 1.35 bits per heavy atom. The van der Waals surface area contributed by atoms with E-state index in [9.17, 15) is 8.42 Å². The van der Waals surface area contributed by atoms with Gasteiger partial charge in [-0.15, -0.1) is 21.5 Å². The minimum Gasteiger partial charge on any atom is -0.320 e. The normalized spacial score (nSPS) is 18.4. The van der Waals surface area contributed by atoms with Crippen LogP contribution in [0.4, 0.5) is 0 Å². The molecule has 8 heteroatoms. The van der Waals surface area contributed by atoms with Gasteiger partial charge in [-0.05, 0) is 24.3 Å². The van der Waals surface area contributed by atoms with E-state index in [1.807, 2.05) is 11.6 Å².